The van der Waals surface area contributed by atoms with E-state index in [1.165, 1.54) is 9.80 Å². The van der Waals surface area contributed by atoms with E-state index in [4.69, 9.17) is 0 Å². The van der Waals surface area contributed by atoms with E-state index in [1.807, 2.05) is 109 Å². The van der Waals surface area contributed by atoms with Crippen LogP contribution in [0.3, 0.4) is 0 Å². The molecule has 0 aliphatic heterocycles. The van der Waals surface area contributed by atoms with Crippen molar-refractivity contribution in [1.82, 2.24) is 0 Å². The second-order valence-corrected chi connectivity index (χ2v) is 12.1. The van der Waals surface area contributed by atoms with E-state index in [0.717, 1.165) is 22.3 Å². The summed E-state index contributed by atoms with van der Waals surface area (Å²) in [6.07, 6.45) is 0. The number of allylic oxidation sites excluding steroid dienone is 2. The number of hydrogen-bond donors (Lipinski definition) is 2. The van der Waals surface area contributed by atoms with Crippen molar-refractivity contribution in [1.29, 1.82) is 0 Å². The zero-order valence-electron chi connectivity index (χ0n) is 28.3. The Labute approximate surface area is 245 Å². The van der Waals surface area contributed by atoms with Gasteiger partial charge in [0, 0.05) is 22.5 Å². The summed E-state index contributed by atoms with van der Waals surface area (Å²) in [7, 11) is 0. The highest BCUT2D eigenvalue weighted by atomic mass is 16.3. The van der Waals surface area contributed by atoms with Crippen LogP contribution in [0.4, 0.5) is 16.2 Å². The minimum atomic E-state index is -0.377. The third-order valence-corrected chi connectivity index (χ3v) is 6.61. The molecule has 0 aliphatic rings. The number of carbonyl (C=O) groups is 1. The predicted octanol–water partition coefficient (Wildman–Crippen LogP) is 10.5. The Bertz CT molecular complexity index is 1150. The van der Waals surface area contributed by atoms with Crippen LogP contribution in [0.15, 0.2) is 36.7 Å². The van der Waals surface area contributed by atoms with Gasteiger partial charge in [-0.2, -0.15) is 0 Å². The van der Waals surface area contributed by atoms with E-state index < -0.39 is 0 Å². The molecule has 0 atom stereocenters. The Morgan fingerprint density at radius 1 is 0.650 bits per heavy atom. The van der Waals surface area contributed by atoms with Gasteiger partial charge in [0.15, 0.2) is 0 Å². The first kappa shape index (κ1) is 36.8. The number of aromatic hydroxyl groups is 2. The van der Waals surface area contributed by atoms with Crippen LogP contribution in [-0.4, -0.2) is 16.2 Å². The molecule has 0 aromatic heterocycles. The zero-order chi connectivity index (χ0) is 32.1. The molecule has 0 radical (unpaired) electrons. The monoisotopic (exact) mass is 552 g/mol. The van der Waals surface area contributed by atoms with Crippen molar-refractivity contribution in [2.24, 2.45) is 0 Å². The van der Waals surface area contributed by atoms with Crippen molar-refractivity contribution in [2.75, 3.05) is 9.80 Å². The lowest BCUT2D eigenvalue weighted by Crippen LogP contribution is -2.42. The van der Waals surface area contributed by atoms with Crippen LogP contribution >= 0.6 is 0 Å². The SMILES string of the molecule is C=C(C)N(C(=O)N(C(=C)C)c1c(C)cc(C(C)(C)C)c(O)c1C)c1c(C)cc(C(C)(C)C)c(O)c1C.CC.CC. The molecule has 5 nitrogen and oxygen atoms in total. The van der Waals surface area contributed by atoms with Gasteiger partial charge in [0.2, 0.25) is 0 Å². The van der Waals surface area contributed by atoms with Gasteiger partial charge >= 0.3 is 6.03 Å². The van der Waals surface area contributed by atoms with Gasteiger partial charge in [-0.1, -0.05) is 82.4 Å². The fraction of sp³-hybridized carbons (Fsp3) is 0.514. The number of urea groups is 1. The van der Waals surface area contributed by atoms with E-state index in [-0.39, 0.29) is 28.4 Å². The molecule has 5 heteroatoms. The molecule has 2 N–H and O–H groups in total. The molecule has 2 rings (SSSR count). The Morgan fingerprint density at radius 2 is 0.900 bits per heavy atom. The minimum absolute atomic E-state index is 0.170. The Kier molecular flexibility index (Phi) is 12.8. The Morgan fingerprint density at radius 3 is 1.10 bits per heavy atom. The molecule has 0 spiro atoms. The van der Waals surface area contributed by atoms with E-state index >= 15 is 0 Å². The molecular formula is C35H56N2O3. The van der Waals surface area contributed by atoms with Gasteiger partial charge in [0.25, 0.3) is 0 Å². The number of benzene rings is 2. The topological polar surface area (TPSA) is 64.0 Å². The second kappa shape index (κ2) is 13.9. The van der Waals surface area contributed by atoms with Crippen molar-refractivity contribution in [2.45, 2.75) is 122 Å². The molecule has 0 heterocycles. The Balaban J connectivity index is 0.00000363. The average molecular weight is 553 g/mol. The van der Waals surface area contributed by atoms with E-state index in [2.05, 4.69) is 13.2 Å². The average Bonchev–Trinajstić information content (AvgIpc) is 2.84. The molecule has 224 valence electrons. The zero-order valence-corrected chi connectivity index (χ0v) is 28.3. The van der Waals surface area contributed by atoms with Gasteiger partial charge in [-0.25, -0.2) is 4.79 Å². The van der Waals surface area contributed by atoms with Crippen molar-refractivity contribution in [3.05, 3.63) is 70.1 Å². The first-order valence-corrected chi connectivity index (χ1v) is 14.4. The highest BCUT2D eigenvalue weighted by Gasteiger charge is 2.33. The molecule has 0 saturated carbocycles. The predicted molar refractivity (Wildman–Crippen MR) is 175 cm³/mol. The number of nitrogens with zero attached hydrogens (tertiary/aromatic N) is 2. The lowest BCUT2D eigenvalue weighted by atomic mass is 9.83. The third-order valence-electron chi connectivity index (χ3n) is 6.61. The van der Waals surface area contributed by atoms with E-state index in [9.17, 15) is 15.0 Å². The van der Waals surface area contributed by atoms with Crippen molar-refractivity contribution < 1.29 is 15.0 Å². The summed E-state index contributed by atoms with van der Waals surface area (Å²) in [5.74, 6) is 0.340. The third kappa shape index (κ3) is 7.50. The van der Waals surface area contributed by atoms with Crippen LogP contribution in [0, 0.1) is 27.7 Å². The van der Waals surface area contributed by atoms with Crippen molar-refractivity contribution in [3.63, 3.8) is 0 Å². The molecule has 0 saturated heterocycles. The van der Waals surface area contributed by atoms with Crippen LogP contribution in [0.1, 0.15) is 116 Å². The molecule has 0 bridgehead atoms. The van der Waals surface area contributed by atoms with Gasteiger partial charge in [0.05, 0.1) is 11.4 Å². The summed E-state index contributed by atoms with van der Waals surface area (Å²) in [5.41, 5.74) is 6.24. The van der Waals surface area contributed by atoms with Gasteiger partial charge in [-0.3, -0.25) is 9.80 Å². The van der Waals surface area contributed by atoms with Crippen molar-refractivity contribution in [3.8, 4) is 11.5 Å². The van der Waals surface area contributed by atoms with Gasteiger partial charge in [-0.15, -0.1) is 0 Å². The summed E-state index contributed by atoms with van der Waals surface area (Å²) in [5, 5.41) is 22.2. The quantitative estimate of drug-likeness (QED) is 0.396. The number of phenols is 2. The largest absolute Gasteiger partial charge is 0.507 e. The van der Waals surface area contributed by atoms with Crippen LogP contribution < -0.4 is 9.80 Å². The number of anilines is 2. The summed E-state index contributed by atoms with van der Waals surface area (Å²) in [6, 6.07) is 3.50. The molecule has 2 amide bonds. The highest BCUT2D eigenvalue weighted by Crippen LogP contribution is 2.44. The molecule has 0 aliphatic carbocycles. The first-order chi connectivity index (χ1) is 18.2. The summed E-state index contributed by atoms with van der Waals surface area (Å²) >= 11 is 0. The first-order valence-electron chi connectivity index (χ1n) is 14.4. The molecule has 0 unspecified atom stereocenters. The normalized spacial score (nSPS) is 11.0. The molecule has 0 fully saturated rings. The minimum Gasteiger partial charge on any atom is -0.507 e. The maximum Gasteiger partial charge on any atom is 0.337 e. The van der Waals surface area contributed by atoms with Crippen LogP contribution in [0.25, 0.3) is 0 Å². The van der Waals surface area contributed by atoms with E-state index in [1.54, 1.807) is 13.8 Å². The number of hydrogen-bond acceptors (Lipinski definition) is 3. The molecule has 2 aromatic carbocycles. The fourth-order valence-electron chi connectivity index (χ4n) is 4.76. The fourth-order valence-corrected chi connectivity index (χ4v) is 4.76. The summed E-state index contributed by atoms with van der Waals surface area (Å²) in [4.78, 5) is 17.3. The van der Waals surface area contributed by atoms with Crippen molar-refractivity contribution >= 4 is 17.4 Å². The molecular weight excluding hydrogens is 496 g/mol. The summed E-state index contributed by atoms with van der Waals surface area (Å²) < 4.78 is 0. The van der Waals surface area contributed by atoms with E-state index in [0.29, 0.717) is 33.9 Å². The van der Waals surface area contributed by atoms with Gasteiger partial charge in [-0.05, 0) is 86.8 Å². The lowest BCUT2D eigenvalue weighted by Gasteiger charge is -2.36. The number of rotatable bonds is 4. The lowest BCUT2D eigenvalue weighted by molar-refractivity contribution is 0.254. The molecule has 40 heavy (non-hydrogen) atoms. The van der Waals surface area contributed by atoms with Crippen LogP contribution in [-0.2, 0) is 10.8 Å². The maximum atomic E-state index is 14.3. The van der Waals surface area contributed by atoms with Crippen LogP contribution in [0.2, 0.25) is 0 Å². The number of amides is 2. The maximum absolute atomic E-state index is 14.3. The van der Waals surface area contributed by atoms with Gasteiger partial charge < -0.3 is 10.2 Å². The number of carbonyl (C=O) groups excluding carboxylic acids is 1. The number of aryl methyl sites for hydroxylation is 2. The van der Waals surface area contributed by atoms with Crippen LogP contribution in [0.5, 0.6) is 11.5 Å². The standard InChI is InChI=1S/C31H44N2O3.2C2H6/c1-17(2)32(25-19(5)15-23(30(9,10)11)27(34)21(25)7)29(36)33(18(3)4)26-20(6)16-24(31(12,13)14)28(35)22(26)8;2*1-2/h15-16,34-35H,1,3H2,2,4-14H3;2*1-2H3. The smallest absolute Gasteiger partial charge is 0.337 e. The Hall–Kier alpha value is -3.21. The molecule has 2 aromatic rings. The summed E-state index contributed by atoms with van der Waals surface area (Å²) in [6.45, 7) is 39.5. The number of phenolic OH excluding ortho intramolecular Hbond substituents is 2. The van der Waals surface area contributed by atoms with Gasteiger partial charge in [0.1, 0.15) is 11.5 Å². The highest BCUT2D eigenvalue weighted by molar-refractivity contribution is 6.09. The second-order valence-electron chi connectivity index (χ2n) is 12.1.